The van der Waals surface area contributed by atoms with Crippen LogP contribution in [0.3, 0.4) is 0 Å². The fourth-order valence-electron chi connectivity index (χ4n) is 1.55. The van der Waals surface area contributed by atoms with E-state index in [1.54, 1.807) is 24.5 Å². The van der Waals surface area contributed by atoms with Crippen LogP contribution >= 0.6 is 15.9 Å². The predicted octanol–water partition coefficient (Wildman–Crippen LogP) is 2.11. The van der Waals surface area contributed by atoms with E-state index in [1.165, 1.54) is 0 Å². The summed E-state index contributed by atoms with van der Waals surface area (Å²) in [6.07, 6.45) is 1.82. The van der Waals surface area contributed by atoms with E-state index in [0.717, 1.165) is 4.47 Å². The number of carboxylic acid groups (broad SMARTS) is 1. The molecule has 0 radical (unpaired) electrons. The standard InChI is InChI=1S/C12H17BrN2O3/c1-4-15-6-9(13)5-10(15)11(16)14-8(3)7(2)12(17)18/h5-8H,4H2,1-3H3,(H,14,16)(H,17,18). The van der Waals surface area contributed by atoms with Crippen molar-refractivity contribution in [3.8, 4) is 0 Å². The molecule has 0 aliphatic carbocycles. The maximum absolute atomic E-state index is 12.0. The third-order valence-electron chi connectivity index (χ3n) is 2.93. The minimum Gasteiger partial charge on any atom is -0.481 e. The Hall–Kier alpha value is -1.30. The monoisotopic (exact) mass is 316 g/mol. The molecule has 0 aliphatic heterocycles. The van der Waals surface area contributed by atoms with Crippen LogP contribution in [-0.4, -0.2) is 27.6 Å². The number of aliphatic carboxylic acids is 1. The summed E-state index contributed by atoms with van der Waals surface area (Å²) >= 11 is 3.32. The highest BCUT2D eigenvalue weighted by Gasteiger charge is 2.22. The summed E-state index contributed by atoms with van der Waals surface area (Å²) < 4.78 is 2.63. The van der Waals surface area contributed by atoms with Gasteiger partial charge < -0.3 is 15.0 Å². The smallest absolute Gasteiger partial charge is 0.308 e. The fourth-order valence-corrected chi connectivity index (χ4v) is 2.01. The zero-order chi connectivity index (χ0) is 13.9. The lowest BCUT2D eigenvalue weighted by Gasteiger charge is -2.18. The summed E-state index contributed by atoms with van der Waals surface area (Å²) in [5.74, 6) is -1.81. The number of aryl methyl sites for hydroxylation is 1. The molecule has 0 bridgehead atoms. The molecule has 0 fully saturated rings. The SMILES string of the molecule is CCn1cc(Br)cc1C(=O)NC(C)C(C)C(=O)O. The Morgan fingerprint density at radius 3 is 2.61 bits per heavy atom. The number of rotatable bonds is 5. The first-order valence-electron chi connectivity index (χ1n) is 5.76. The number of nitrogens with one attached hydrogen (secondary N) is 1. The molecule has 6 heteroatoms. The number of aromatic nitrogens is 1. The lowest BCUT2D eigenvalue weighted by Crippen LogP contribution is -2.40. The number of carbonyl (C=O) groups is 2. The molecule has 1 rings (SSSR count). The van der Waals surface area contributed by atoms with E-state index in [1.807, 2.05) is 13.1 Å². The first-order valence-corrected chi connectivity index (χ1v) is 6.55. The third kappa shape index (κ3) is 3.35. The van der Waals surface area contributed by atoms with Crippen LogP contribution in [0.4, 0.5) is 0 Å². The number of hydrogen-bond acceptors (Lipinski definition) is 2. The molecular formula is C12H17BrN2O3. The summed E-state index contributed by atoms with van der Waals surface area (Å²) in [6, 6.07) is 1.30. The molecule has 1 aromatic heterocycles. The van der Waals surface area contributed by atoms with E-state index in [-0.39, 0.29) is 5.91 Å². The quantitative estimate of drug-likeness (QED) is 0.874. The first-order chi connectivity index (χ1) is 8.36. The summed E-state index contributed by atoms with van der Waals surface area (Å²) in [5.41, 5.74) is 0.522. The highest BCUT2D eigenvalue weighted by Crippen LogP contribution is 2.15. The van der Waals surface area contributed by atoms with Crippen molar-refractivity contribution in [2.45, 2.75) is 33.4 Å². The van der Waals surface area contributed by atoms with Crippen molar-refractivity contribution >= 4 is 27.8 Å². The van der Waals surface area contributed by atoms with Crippen molar-refractivity contribution in [2.75, 3.05) is 0 Å². The molecule has 2 atom stereocenters. The van der Waals surface area contributed by atoms with Crippen LogP contribution in [0, 0.1) is 5.92 Å². The summed E-state index contributed by atoms with van der Waals surface area (Å²) in [4.78, 5) is 22.9. The zero-order valence-electron chi connectivity index (χ0n) is 10.6. The van der Waals surface area contributed by atoms with Gasteiger partial charge >= 0.3 is 5.97 Å². The van der Waals surface area contributed by atoms with Crippen molar-refractivity contribution in [1.29, 1.82) is 0 Å². The molecule has 0 saturated heterocycles. The van der Waals surface area contributed by atoms with Gasteiger partial charge in [-0.3, -0.25) is 9.59 Å². The highest BCUT2D eigenvalue weighted by atomic mass is 79.9. The van der Waals surface area contributed by atoms with Gasteiger partial charge in [-0.15, -0.1) is 0 Å². The van der Waals surface area contributed by atoms with E-state index in [9.17, 15) is 9.59 Å². The van der Waals surface area contributed by atoms with Crippen LogP contribution in [0.1, 0.15) is 31.3 Å². The Morgan fingerprint density at radius 1 is 1.50 bits per heavy atom. The Morgan fingerprint density at radius 2 is 2.11 bits per heavy atom. The molecule has 0 aromatic carbocycles. The van der Waals surface area contributed by atoms with Crippen LogP contribution in [0.15, 0.2) is 16.7 Å². The number of hydrogen-bond donors (Lipinski definition) is 2. The number of halogens is 1. The number of amides is 1. The van der Waals surface area contributed by atoms with Gasteiger partial charge in [0.25, 0.3) is 5.91 Å². The van der Waals surface area contributed by atoms with Crippen molar-refractivity contribution in [3.05, 3.63) is 22.4 Å². The Bertz CT molecular complexity index is 456. The lowest BCUT2D eigenvalue weighted by atomic mass is 10.0. The number of carboxylic acids is 1. The average molecular weight is 317 g/mol. The van der Waals surface area contributed by atoms with Crippen molar-refractivity contribution in [2.24, 2.45) is 5.92 Å². The minimum absolute atomic E-state index is 0.261. The molecule has 0 saturated carbocycles. The van der Waals surface area contributed by atoms with Crippen molar-refractivity contribution < 1.29 is 14.7 Å². The summed E-state index contributed by atoms with van der Waals surface area (Å²) in [7, 11) is 0. The topological polar surface area (TPSA) is 71.3 Å². The second-order valence-corrected chi connectivity index (χ2v) is 5.13. The normalized spacial score (nSPS) is 14.0. The predicted molar refractivity (Wildman–Crippen MR) is 71.5 cm³/mol. The maximum atomic E-state index is 12.0. The van der Waals surface area contributed by atoms with Gasteiger partial charge in [-0.1, -0.05) is 0 Å². The molecule has 1 heterocycles. The molecule has 2 unspecified atom stereocenters. The van der Waals surface area contributed by atoms with Gasteiger partial charge in [0.2, 0.25) is 0 Å². The second-order valence-electron chi connectivity index (χ2n) is 4.22. The van der Waals surface area contributed by atoms with Crippen LogP contribution in [-0.2, 0) is 11.3 Å². The zero-order valence-corrected chi connectivity index (χ0v) is 12.2. The van der Waals surface area contributed by atoms with Gasteiger partial charge in [0, 0.05) is 23.3 Å². The van der Waals surface area contributed by atoms with Crippen LogP contribution in [0.2, 0.25) is 0 Å². The van der Waals surface area contributed by atoms with E-state index < -0.39 is 17.9 Å². The molecule has 18 heavy (non-hydrogen) atoms. The third-order valence-corrected chi connectivity index (χ3v) is 3.37. The molecule has 100 valence electrons. The number of carbonyl (C=O) groups excluding carboxylic acids is 1. The van der Waals surface area contributed by atoms with Gasteiger partial charge in [0.05, 0.1) is 5.92 Å². The van der Waals surface area contributed by atoms with Crippen molar-refractivity contribution in [1.82, 2.24) is 9.88 Å². The molecule has 0 aliphatic rings. The van der Waals surface area contributed by atoms with Gasteiger partial charge in [-0.25, -0.2) is 0 Å². The van der Waals surface area contributed by atoms with Gasteiger partial charge in [0.15, 0.2) is 0 Å². The van der Waals surface area contributed by atoms with Crippen LogP contribution in [0.5, 0.6) is 0 Å². The Balaban J connectivity index is 2.79. The van der Waals surface area contributed by atoms with E-state index >= 15 is 0 Å². The Kier molecular flexibility index (Phi) is 4.95. The van der Waals surface area contributed by atoms with Gasteiger partial charge in [-0.2, -0.15) is 0 Å². The molecule has 5 nitrogen and oxygen atoms in total. The van der Waals surface area contributed by atoms with Gasteiger partial charge in [0.1, 0.15) is 5.69 Å². The lowest BCUT2D eigenvalue weighted by molar-refractivity contribution is -0.141. The maximum Gasteiger partial charge on any atom is 0.308 e. The summed E-state index contributed by atoms with van der Waals surface area (Å²) in [5, 5.41) is 11.6. The van der Waals surface area contributed by atoms with E-state index in [2.05, 4.69) is 21.2 Å². The minimum atomic E-state index is -0.921. The largest absolute Gasteiger partial charge is 0.481 e. The van der Waals surface area contributed by atoms with Crippen LogP contribution < -0.4 is 5.32 Å². The summed E-state index contributed by atoms with van der Waals surface area (Å²) in [6.45, 7) is 5.87. The average Bonchev–Trinajstić information content (AvgIpc) is 2.69. The molecule has 1 aromatic rings. The molecular weight excluding hydrogens is 300 g/mol. The number of nitrogens with zero attached hydrogens (tertiary/aromatic N) is 1. The molecule has 0 spiro atoms. The molecule has 2 N–H and O–H groups in total. The van der Waals surface area contributed by atoms with E-state index in [4.69, 9.17) is 5.11 Å². The van der Waals surface area contributed by atoms with Crippen molar-refractivity contribution in [3.63, 3.8) is 0 Å². The second kappa shape index (κ2) is 6.04. The van der Waals surface area contributed by atoms with E-state index in [0.29, 0.717) is 12.2 Å². The van der Waals surface area contributed by atoms with Gasteiger partial charge in [-0.05, 0) is 42.8 Å². The highest BCUT2D eigenvalue weighted by molar-refractivity contribution is 9.10. The fraction of sp³-hybridized carbons (Fsp3) is 0.500. The molecule has 1 amide bonds. The first kappa shape index (κ1) is 14.8. The Labute approximate surface area is 114 Å². The van der Waals surface area contributed by atoms with Crippen LogP contribution in [0.25, 0.3) is 0 Å².